The van der Waals surface area contributed by atoms with Crippen LogP contribution in [0, 0.1) is 0 Å². The number of nitrogens with two attached hydrogens (primary N) is 1. The van der Waals surface area contributed by atoms with Crippen LogP contribution in [0.2, 0.25) is 0 Å². The molecule has 0 aromatic carbocycles. The summed E-state index contributed by atoms with van der Waals surface area (Å²) < 4.78 is 2.34. The number of halogens is 2. The number of rotatable bonds is 3. The smallest absolute Gasteiger partial charge is 0.0843 e. The SMILES string of the molecule is CC1CCCC(CN)N1Cc1cc(Br)c(Br)s1. The highest BCUT2D eigenvalue weighted by atomic mass is 79.9. The molecule has 1 fully saturated rings. The predicted octanol–water partition coefficient (Wildman–Crippen LogP) is 3.97. The van der Waals surface area contributed by atoms with Crippen LogP contribution in [-0.2, 0) is 6.54 Å². The van der Waals surface area contributed by atoms with Gasteiger partial charge in [-0.1, -0.05) is 6.42 Å². The van der Waals surface area contributed by atoms with Gasteiger partial charge in [0, 0.05) is 34.5 Å². The second-order valence-electron chi connectivity index (χ2n) is 4.68. The fraction of sp³-hybridized carbons (Fsp3) is 0.667. The van der Waals surface area contributed by atoms with Gasteiger partial charge >= 0.3 is 0 Å². The molecule has 0 spiro atoms. The average Bonchev–Trinajstić information content (AvgIpc) is 2.61. The minimum Gasteiger partial charge on any atom is -0.329 e. The van der Waals surface area contributed by atoms with Crippen molar-refractivity contribution in [3.8, 4) is 0 Å². The van der Waals surface area contributed by atoms with Crippen molar-refractivity contribution in [3.05, 3.63) is 19.2 Å². The van der Waals surface area contributed by atoms with Crippen LogP contribution in [0.1, 0.15) is 31.1 Å². The van der Waals surface area contributed by atoms with Crippen LogP contribution in [0.5, 0.6) is 0 Å². The predicted molar refractivity (Wildman–Crippen MR) is 81.4 cm³/mol. The van der Waals surface area contributed by atoms with E-state index in [1.165, 1.54) is 27.9 Å². The Kier molecular flexibility index (Phi) is 5.06. The fourth-order valence-corrected chi connectivity index (χ4v) is 4.71. The number of hydrogen-bond acceptors (Lipinski definition) is 3. The average molecular weight is 382 g/mol. The Balaban J connectivity index is 2.09. The van der Waals surface area contributed by atoms with Gasteiger partial charge < -0.3 is 5.73 Å². The zero-order valence-corrected chi connectivity index (χ0v) is 13.9. The minimum absolute atomic E-state index is 0.554. The maximum atomic E-state index is 5.89. The molecule has 0 amide bonds. The topological polar surface area (TPSA) is 29.3 Å². The fourth-order valence-electron chi connectivity index (χ4n) is 2.53. The first kappa shape index (κ1) is 14.0. The molecular weight excluding hydrogens is 364 g/mol. The van der Waals surface area contributed by atoms with Crippen molar-refractivity contribution in [2.24, 2.45) is 5.73 Å². The van der Waals surface area contributed by atoms with E-state index in [9.17, 15) is 0 Å². The van der Waals surface area contributed by atoms with Crippen molar-refractivity contribution in [2.45, 2.75) is 44.8 Å². The summed E-state index contributed by atoms with van der Waals surface area (Å²) in [5.74, 6) is 0. The third-order valence-electron chi connectivity index (χ3n) is 3.50. The van der Waals surface area contributed by atoms with Gasteiger partial charge in [-0.2, -0.15) is 0 Å². The van der Waals surface area contributed by atoms with Crippen molar-refractivity contribution in [3.63, 3.8) is 0 Å². The molecule has 1 aromatic rings. The van der Waals surface area contributed by atoms with Gasteiger partial charge in [-0.05, 0) is 57.7 Å². The van der Waals surface area contributed by atoms with Crippen LogP contribution in [0.3, 0.4) is 0 Å². The number of nitrogens with zero attached hydrogens (tertiary/aromatic N) is 1. The zero-order chi connectivity index (χ0) is 12.4. The number of piperidine rings is 1. The summed E-state index contributed by atoms with van der Waals surface area (Å²) in [7, 11) is 0. The lowest BCUT2D eigenvalue weighted by Gasteiger charge is -2.40. The third kappa shape index (κ3) is 3.32. The van der Waals surface area contributed by atoms with Crippen molar-refractivity contribution < 1.29 is 0 Å². The lowest BCUT2D eigenvalue weighted by atomic mass is 9.96. The van der Waals surface area contributed by atoms with Gasteiger partial charge in [-0.3, -0.25) is 4.90 Å². The minimum atomic E-state index is 0.554. The monoisotopic (exact) mass is 380 g/mol. The molecule has 96 valence electrons. The van der Waals surface area contributed by atoms with E-state index >= 15 is 0 Å². The van der Waals surface area contributed by atoms with E-state index in [1.807, 2.05) is 11.3 Å². The van der Waals surface area contributed by atoms with Crippen LogP contribution in [-0.4, -0.2) is 23.5 Å². The van der Waals surface area contributed by atoms with Crippen molar-refractivity contribution >= 4 is 43.2 Å². The zero-order valence-electron chi connectivity index (χ0n) is 9.96. The highest BCUT2D eigenvalue weighted by Crippen LogP contribution is 2.34. The molecule has 2 atom stereocenters. The lowest BCUT2D eigenvalue weighted by Crippen LogP contribution is -2.48. The summed E-state index contributed by atoms with van der Waals surface area (Å²) in [6.07, 6.45) is 3.86. The molecule has 2 rings (SSSR count). The second-order valence-corrected chi connectivity index (χ2v) is 7.99. The molecule has 1 saturated heterocycles. The molecule has 5 heteroatoms. The molecule has 1 aliphatic rings. The summed E-state index contributed by atoms with van der Waals surface area (Å²) in [6.45, 7) is 4.12. The molecular formula is C12H18Br2N2S. The first-order chi connectivity index (χ1) is 8.11. The molecule has 1 aromatic heterocycles. The molecule has 0 aliphatic carbocycles. The van der Waals surface area contributed by atoms with Gasteiger partial charge in [-0.25, -0.2) is 0 Å². The summed E-state index contributed by atoms with van der Waals surface area (Å²) >= 11 is 8.91. The standard InChI is InChI=1S/C12H18Br2N2S/c1-8-3-2-4-9(6-15)16(8)7-10-5-11(13)12(14)17-10/h5,8-9H,2-4,6-7,15H2,1H3. The van der Waals surface area contributed by atoms with E-state index in [0.717, 1.165) is 17.6 Å². The third-order valence-corrected chi connectivity index (χ3v) is 6.74. The normalized spacial score (nSPS) is 26.4. The van der Waals surface area contributed by atoms with E-state index in [-0.39, 0.29) is 0 Å². The van der Waals surface area contributed by atoms with Crippen LogP contribution in [0.4, 0.5) is 0 Å². The quantitative estimate of drug-likeness (QED) is 0.857. The van der Waals surface area contributed by atoms with Gasteiger partial charge in [0.15, 0.2) is 0 Å². The molecule has 2 nitrogen and oxygen atoms in total. The van der Waals surface area contributed by atoms with Crippen molar-refractivity contribution in [1.29, 1.82) is 0 Å². The summed E-state index contributed by atoms with van der Waals surface area (Å²) in [5.41, 5.74) is 5.89. The van der Waals surface area contributed by atoms with Crippen LogP contribution < -0.4 is 5.73 Å². The first-order valence-electron chi connectivity index (χ1n) is 6.01. The maximum absolute atomic E-state index is 5.89. The Morgan fingerprint density at radius 2 is 2.24 bits per heavy atom. The molecule has 2 heterocycles. The Labute approximate surface area is 124 Å². The lowest BCUT2D eigenvalue weighted by molar-refractivity contribution is 0.0903. The largest absolute Gasteiger partial charge is 0.329 e. The maximum Gasteiger partial charge on any atom is 0.0843 e. The Hall–Kier alpha value is 0.580. The highest BCUT2D eigenvalue weighted by molar-refractivity contribution is 9.13. The van der Waals surface area contributed by atoms with Crippen molar-refractivity contribution in [1.82, 2.24) is 4.90 Å². The van der Waals surface area contributed by atoms with Crippen LogP contribution >= 0.6 is 43.2 Å². The molecule has 0 bridgehead atoms. The molecule has 0 saturated carbocycles. The number of likely N-dealkylation sites (tertiary alicyclic amines) is 1. The molecule has 2 unspecified atom stereocenters. The Morgan fingerprint density at radius 1 is 1.47 bits per heavy atom. The van der Waals surface area contributed by atoms with Gasteiger partial charge in [0.2, 0.25) is 0 Å². The van der Waals surface area contributed by atoms with Gasteiger partial charge in [0.25, 0.3) is 0 Å². The molecule has 2 N–H and O–H groups in total. The van der Waals surface area contributed by atoms with Crippen LogP contribution in [0.25, 0.3) is 0 Å². The number of hydrogen-bond donors (Lipinski definition) is 1. The second kappa shape index (κ2) is 6.15. The van der Waals surface area contributed by atoms with Crippen molar-refractivity contribution in [2.75, 3.05) is 6.54 Å². The summed E-state index contributed by atoms with van der Waals surface area (Å²) in [5, 5.41) is 0. The Morgan fingerprint density at radius 3 is 2.82 bits per heavy atom. The molecule has 17 heavy (non-hydrogen) atoms. The molecule has 1 aliphatic heterocycles. The van der Waals surface area contributed by atoms with E-state index in [4.69, 9.17) is 5.73 Å². The van der Waals surface area contributed by atoms with E-state index in [1.54, 1.807) is 0 Å². The van der Waals surface area contributed by atoms with E-state index in [2.05, 4.69) is 49.7 Å². The summed E-state index contributed by atoms with van der Waals surface area (Å²) in [6, 6.07) is 3.42. The Bertz CT molecular complexity index is 361. The van der Waals surface area contributed by atoms with Gasteiger partial charge in [-0.15, -0.1) is 11.3 Å². The highest BCUT2D eigenvalue weighted by Gasteiger charge is 2.27. The van der Waals surface area contributed by atoms with Gasteiger partial charge in [0.05, 0.1) is 3.79 Å². The van der Waals surface area contributed by atoms with Gasteiger partial charge in [0.1, 0.15) is 0 Å². The van der Waals surface area contributed by atoms with Crippen LogP contribution in [0.15, 0.2) is 14.3 Å². The first-order valence-corrected chi connectivity index (χ1v) is 8.41. The number of thiophene rings is 1. The van der Waals surface area contributed by atoms with E-state index in [0.29, 0.717) is 12.1 Å². The van der Waals surface area contributed by atoms with E-state index < -0.39 is 0 Å². The molecule has 0 radical (unpaired) electrons. The summed E-state index contributed by atoms with van der Waals surface area (Å²) in [4.78, 5) is 3.96.